The number of anilines is 1. The molecule has 0 aliphatic rings. The Kier molecular flexibility index (Phi) is 6.33. The summed E-state index contributed by atoms with van der Waals surface area (Å²) in [5.74, 6) is 0. The predicted molar refractivity (Wildman–Crippen MR) is 103 cm³/mol. The Morgan fingerprint density at radius 3 is 2.73 bits per heavy atom. The number of nitrogens with two attached hydrogens (primary N) is 1. The number of nitrogens with one attached hydrogen (secondary N) is 1. The Bertz CT molecular complexity index is 768. The zero-order chi connectivity index (χ0) is 19.2. The van der Waals surface area contributed by atoms with Crippen LogP contribution >= 0.6 is 0 Å². The van der Waals surface area contributed by atoms with Gasteiger partial charge in [-0.3, -0.25) is 0 Å². The van der Waals surface area contributed by atoms with E-state index in [1.165, 1.54) is 6.33 Å². The van der Waals surface area contributed by atoms with Crippen molar-refractivity contribution >= 4 is 11.8 Å². The molecule has 3 N–H and O–H groups in total. The maximum atomic E-state index is 12.2. The largest absolute Gasteiger partial charge is 0.444 e. The number of alkyl carbamates (subject to hydrolysis) is 1. The van der Waals surface area contributed by atoms with E-state index >= 15 is 0 Å². The number of aromatic nitrogens is 2. The van der Waals surface area contributed by atoms with E-state index in [1.807, 2.05) is 51.1 Å². The van der Waals surface area contributed by atoms with Gasteiger partial charge in [0.25, 0.3) is 0 Å². The SMILES string of the molecule is C=CCC[C@H](NC(=O)OC(C)(C)C)c1cc(-c2ccccc2N)ncn1. The van der Waals surface area contributed by atoms with Crippen LogP contribution in [0.1, 0.15) is 45.3 Å². The monoisotopic (exact) mass is 354 g/mol. The number of rotatable bonds is 6. The Balaban J connectivity index is 2.27. The number of hydrogen-bond donors (Lipinski definition) is 2. The lowest BCUT2D eigenvalue weighted by molar-refractivity contribution is 0.0500. The molecule has 1 heterocycles. The van der Waals surface area contributed by atoms with Crippen molar-refractivity contribution in [2.24, 2.45) is 0 Å². The lowest BCUT2D eigenvalue weighted by atomic mass is 10.0. The first-order valence-corrected chi connectivity index (χ1v) is 8.57. The van der Waals surface area contributed by atoms with Crippen molar-refractivity contribution in [1.29, 1.82) is 0 Å². The van der Waals surface area contributed by atoms with Crippen LogP contribution in [0, 0.1) is 0 Å². The smallest absolute Gasteiger partial charge is 0.408 e. The second-order valence-electron chi connectivity index (χ2n) is 6.98. The summed E-state index contributed by atoms with van der Waals surface area (Å²) in [6.45, 7) is 9.23. The highest BCUT2D eigenvalue weighted by Crippen LogP contribution is 2.26. The highest BCUT2D eigenvalue weighted by atomic mass is 16.6. The maximum absolute atomic E-state index is 12.2. The van der Waals surface area contributed by atoms with Crippen LogP contribution < -0.4 is 11.1 Å². The summed E-state index contributed by atoms with van der Waals surface area (Å²) in [5.41, 5.74) is 8.36. The molecule has 6 heteroatoms. The Labute approximate surface area is 154 Å². The number of ether oxygens (including phenoxy) is 1. The van der Waals surface area contributed by atoms with Gasteiger partial charge in [0.05, 0.1) is 17.4 Å². The van der Waals surface area contributed by atoms with Gasteiger partial charge < -0.3 is 15.8 Å². The molecular formula is C20H26N4O2. The molecule has 1 aromatic heterocycles. The highest BCUT2D eigenvalue weighted by Gasteiger charge is 2.21. The van der Waals surface area contributed by atoms with Crippen LogP contribution in [0.2, 0.25) is 0 Å². The fourth-order valence-electron chi connectivity index (χ4n) is 2.47. The Morgan fingerprint density at radius 1 is 1.35 bits per heavy atom. The van der Waals surface area contributed by atoms with Gasteiger partial charge in [-0.25, -0.2) is 14.8 Å². The number of allylic oxidation sites excluding steroid dienone is 1. The van der Waals surface area contributed by atoms with Crippen LogP contribution in [0.25, 0.3) is 11.3 Å². The van der Waals surface area contributed by atoms with Crippen LogP contribution in [0.5, 0.6) is 0 Å². The number of benzene rings is 1. The van der Waals surface area contributed by atoms with Gasteiger partial charge in [0.15, 0.2) is 0 Å². The van der Waals surface area contributed by atoms with Crippen molar-refractivity contribution < 1.29 is 9.53 Å². The van der Waals surface area contributed by atoms with Crippen molar-refractivity contribution in [1.82, 2.24) is 15.3 Å². The molecule has 0 saturated heterocycles. The lowest BCUT2D eigenvalue weighted by Gasteiger charge is -2.23. The molecule has 26 heavy (non-hydrogen) atoms. The lowest BCUT2D eigenvalue weighted by Crippen LogP contribution is -2.35. The van der Waals surface area contributed by atoms with E-state index < -0.39 is 11.7 Å². The second-order valence-corrected chi connectivity index (χ2v) is 6.98. The summed E-state index contributed by atoms with van der Waals surface area (Å²) in [6, 6.07) is 9.04. The molecule has 0 spiro atoms. The van der Waals surface area contributed by atoms with Gasteiger partial charge in [0.2, 0.25) is 0 Å². The molecule has 1 amide bonds. The van der Waals surface area contributed by atoms with Gasteiger partial charge in [0, 0.05) is 11.3 Å². The number of para-hydroxylation sites is 1. The summed E-state index contributed by atoms with van der Waals surface area (Å²) >= 11 is 0. The molecule has 0 fully saturated rings. The summed E-state index contributed by atoms with van der Waals surface area (Å²) < 4.78 is 5.36. The molecule has 0 saturated carbocycles. The molecule has 0 radical (unpaired) electrons. The van der Waals surface area contributed by atoms with Crippen LogP contribution in [0.3, 0.4) is 0 Å². The van der Waals surface area contributed by atoms with Crippen LogP contribution in [-0.2, 0) is 4.74 Å². The first kappa shape index (κ1) is 19.4. The van der Waals surface area contributed by atoms with Gasteiger partial charge in [-0.2, -0.15) is 0 Å². The van der Waals surface area contributed by atoms with Crippen LogP contribution in [-0.4, -0.2) is 21.7 Å². The predicted octanol–water partition coefficient (Wildman–Crippen LogP) is 4.26. The Morgan fingerprint density at radius 2 is 2.08 bits per heavy atom. The van der Waals surface area contributed by atoms with Crippen molar-refractivity contribution in [3.8, 4) is 11.3 Å². The molecule has 138 valence electrons. The van der Waals surface area contributed by atoms with Crippen molar-refractivity contribution in [2.45, 2.75) is 45.3 Å². The van der Waals surface area contributed by atoms with E-state index in [-0.39, 0.29) is 6.04 Å². The molecular weight excluding hydrogens is 328 g/mol. The van der Waals surface area contributed by atoms with Crippen LogP contribution in [0.4, 0.5) is 10.5 Å². The van der Waals surface area contributed by atoms with Crippen molar-refractivity contribution in [2.75, 3.05) is 5.73 Å². The third-order valence-corrected chi connectivity index (χ3v) is 3.63. The van der Waals surface area contributed by atoms with Gasteiger partial charge in [0.1, 0.15) is 11.9 Å². The van der Waals surface area contributed by atoms with E-state index in [1.54, 1.807) is 6.08 Å². The third kappa shape index (κ3) is 5.58. The van der Waals surface area contributed by atoms with E-state index in [9.17, 15) is 4.79 Å². The van der Waals surface area contributed by atoms with Gasteiger partial charge >= 0.3 is 6.09 Å². The summed E-state index contributed by atoms with van der Waals surface area (Å²) in [4.78, 5) is 20.8. The minimum Gasteiger partial charge on any atom is -0.444 e. The molecule has 6 nitrogen and oxygen atoms in total. The first-order chi connectivity index (χ1) is 12.3. The zero-order valence-corrected chi connectivity index (χ0v) is 15.5. The van der Waals surface area contributed by atoms with E-state index in [0.717, 1.165) is 12.0 Å². The second kappa shape index (κ2) is 8.47. The topological polar surface area (TPSA) is 90.1 Å². The fraction of sp³-hybridized carbons (Fsp3) is 0.350. The number of hydrogen-bond acceptors (Lipinski definition) is 5. The van der Waals surface area contributed by atoms with Crippen molar-refractivity contribution in [3.63, 3.8) is 0 Å². The molecule has 1 aromatic carbocycles. The molecule has 0 bridgehead atoms. The molecule has 1 atom stereocenters. The van der Waals surface area contributed by atoms with Crippen LogP contribution in [0.15, 0.2) is 49.3 Å². The Hall–Kier alpha value is -2.89. The standard InChI is InChI=1S/C20H26N4O2/c1-5-6-11-16(24-19(25)26-20(2,3)4)18-12-17(22-13-23-18)14-9-7-8-10-15(14)21/h5,7-10,12-13,16H,1,6,11,21H2,2-4H3,(H,24,25)/t16-/m0/s1. The molecule has 0 aliphatic heterocycles. The quantitative estimate of drug-likeness (QED) is 0.597. The number of nitrogens with zero attached hydrogens (tertiary/aromatic N) is 2. The van der Waals surface area contributed by atoms with Gasteiger partial charge in [-0.1, -0.05) is 24.3 Å². The maximum Gasteiger partial charge on any atom is 0.408 e. The molecule has 0 unspecified atom stereocenters. The summed E-state index contributed by atoms with van der Waals surface area (Å²) in [7, 11) is 0. The highest BCUT2D eigenvalue weighted by molar-refractivity contribution is 5.73. The molecule has 2 rings (SSSR count). The zero-order valence-electron chi connectivity index (χ0n) is 15.5. The molecule has 0 aliphatic carbocycles. The van der Waals surface area contributed by atoms with Gasteiger partial charge in [-0.05, 0) is 45.7 Å². The normalized spacial score (nSPS) is 12.3. The fourth-order valence-corrected chi connectivity index (χ4v) is 2.47. The van der Waals surface area contributed by atoms with Crippen molar-refractivity contribution in [3.05, 3.63) is 55.0 Å². The van der Waals surface area contributed by atoms with E-state index in [2.05, 4.69) is 21.9 Å². The first-order valence-electron chi connectivity index (χ1n) is 8.57. The minimum atomic E-state index is -0.567. The number of carbonyl (C=O) groups excluding carboxylic acids is 1. The summed E-state index contributed by atoms with van der Waals surface area (Å²) in [5, 5.41) is 2.89. The third-order valence-electron chi connectivity index (χ3n) is 3.63. The van der Waals surface area contributed by atoms with Gasteiger partial charge in [-0.15, -0.1) is 6.58 Å². The average Bonchev–Trinajstić information content (AvgIpc) is 2.57. The summed E-state index contributed by atoms with van der Waals surface area (Å²) in [6.07, 6.45) is 4.19. The minimum absolute atomic E-state index is 0.311. The van der Waals surface area contributed by atoms with E-state index in [4.69, 9.17) is 10.5 Å². The van der Waals surface area contributed by atoms with E-state index in [0.29, 0.717) is 23.5 Å². The number of amides is 1. The number of nitrogen functional groups attached to an aromatic ring is 1. The average molecular weight is 354 g/mol. The number of carbonyl (C=O) groups is 1. The molecule has 2 aromatic rings.